The summed E-state index contributed by atoms with van der Waals surface area (Å²) in [6.45, 7) is 8.55. The van der Waals surface area contributed by atoms with Crippen LogP contribution < -0.4 is 5.32 Å². The maximum absolute atomic E-state index is 11.8. The van der Waals surface area contributed by atoms with Crippen molar-refractivity contribution < 1.29 is 4.79 Å². The van der Waals surface area contributed by atoms with Crippen molar-refractivity contribution in [1.82, 2.24) is 30.3 Å². The van der Waals surface area contributed by atoms with Crippen LogP contribution in [-0.4, -0.2) is 30.9 Å². The largest absolute Gasteiger partial charge is 0.345 e. The van der Waals surface area contributed by atoms with Crippen molar-refractivity contribution in [2.24, 2.45) is 0 Å². The standard InChI is InChI=1S/C12H18N6O/c1-7(2)18-9(4)10(8(3)17-18)5-13-12(19)11-14-6-15-16-11/h6-7H,5H2,1-4H3,(H,13,19)(H,14,15,16). The van der Waals surface area contributed by atoms with Crippen molar-refractivity contribution in [3.63, 3.8) is 0 Å². The van der Waals surface area contributed by atoms with Crippen molar-refractivity contribution in [2.75, 3.05) is 0 Å². The second-order valence-corrected chi connectivity index (χ2v) is 4.70. The summed E-state index contributed by atoms with van der Waals surface area (Å²) in [4.78, 5) is 15.6. The van der Waals surface area contributed by atoms with E-state index >= 15 is 0 Å². The van der Waals surface area contributed by atoms with Crippen LogP contribution in [0, 0.1) is 13.8 Å². The van der Waals surface area contributed by atoms with Crippen molar-refractivity contribution in [3.05, 3.63) is 29.1 Å². The molecule has 0 spiro atoms. The molecule has 19 heavy (non-hydrogen) atoms. The van der Waals surface area contributed by atoms with E-state index in [1.807, 2.05) is 18.5 Å². The summed E-state index contributed by atoms with van der Waals surface area (Å²) in [7, 11) is 0. The van der Waals surface area contributed by atoms with E-state index in [2.05, 4.69) is 39.4 Å². The molecule has 0 saturated heterocycles. The van der Waals surface area contributed by atoms with Crippen LogP contribution in [0.4, 0.5) is 0 Å². The maximum Gasteiger partial charge on any atom is 0.288 e. The van der Waals surface area contributed by atoms with E-state index in [1.54, 1.807) is 0 Å². The van der Waals surface area contributed by atoms with E-state index in [0.29, 0.717) is 12.6 Å². The predicted molar refractivity (Wildman–Crippen MR) is 69.6 cm³/mol. The Bertz CT molecular complexity index is 569. The lowest BCUT2D eigenvalue weighted by Gasteiger charge is -2.09. The van der Waals surface area contributed by atoms with Gasteiger partial charge in [0.05, 0.1) is 5.69 Å². The molecule has 2 aromatic rings. The van der Waals surface area contributed by atoms with Crippen molar-refractivity contribution in [1.29, 1.82) is 0 Å². The van der Waals surface area contributed by atoms with Crippen LogP contribution in [0.1, 0.15) is 47.5 Å². The topological polar surface area (TPSA) is 88.5 Å². The van der Waals surface area contributed by atoms with Gasteiger partial charge in [-0.3, -0.25) is 14.6 Å². The lowest BCUT2D eigenvalue weighted by Crippen LogP contribution is -2.24. The average molecular weight is 262 g/mol. The molecular weight excluding hydrogens is 244 g/mol. The average Bonchev–Trinajstić information content (AvgIpc) is 2.96. The quantitative estimate of drug-likeness (QED) is 0.864. The Morgan fingerprint density at radius 2 is 2.21 bits per heavy atom. The highest BCUT2D eigenvalue weighted by molar-refractivity contribution is 5.90. The highest BCUT2D eigenvalue weighted by Gasteiger charge is 2.15. The van der Waals surface area contributed by atoms with E-state index in [4.69, 9.17) is 0 Å². The number of amides is 1. The lowest BCUT2D eigenvalue weighted by atomic mass is 10.2. The minimum atomic E-state index is -0.270. The molecule has 1 amide bonds. The smallest absolute Gasteiger partial charge is 0.288 e. The molecule has 2 aromatic heterocycles. The van der Waals surface area contributed by atoms with Gasteiger partial charge < -0.3 is 5.32 Å². The number of H-pyrrole nitrogens is 1. The van der Waals surface area contributed by atoms with Crippen molar-refractivity contribution in [2.45, 2.75) is 40.3 Å². The van der Waals surface area contributed by atoms with E-state index in [1.165, 1.54) is 6.33 Å². The Labute approximate surface area is 111 Å². The summed E-state index contributed by atoms with van der Waals surface area (Å²) in [5, 5.41) is 13.5. The minimum Gasteiger partial charge on any atom is -0.345 e. The summed E-state index contributed by atoms with van der Waals surface area (Å²) in [5.41, 5.74) is 3.05. The molecule has 0 radical (unpaired) electrons. The molecule has 0 atom stereocenters. The van der Waals surface area contributed by atoms with Gasteiger partial charge in [0, 0.05) is 23.8 Å². The van der Waals surface area contributed by atoms with Gasteiger partial charge >= 0.3 is 0 Å². The number of rotatable bonds is 4. The zero-order valence-corrected chi connectivity index (χ0v) is 11.6. The summed E-state index contributed by atoms with van der Waals surface area (Å²) in [6.07, 6.45) is 1.31. The van der Waals surface area contributed by atoms with Gasteiger partial charge in [-0.15, -0.1) is 0 Å². The number of aromatic amines is 1. The number of aryl methyl sites for hydroxylation is 1. The first kappa shape index (κ1) is 13.3. The van der Waals surface area contributed by atoms with Crippen LogP contribution in [-0.2, 0) is 6.54 Å². The number of hydrogen-bond donors (Lipinski definition) is 2. The normalized spacial score (nSPS) is 11.0. The zero-order valence-electron chi connectivity index (χ0n) is 11.6. The summed E-state index contributed by atoms with van der Waals surface area (Å²) < 4.78 is 1.96. The van der Waals surface area contributed by atoms with Crippen LogP contribution >= 0.6 is 0 Å². The highest BCUT2D eigenvalue weighted by Crippen LogP contribution is 2.16. The van der Waals surface area contributed by atoms with Crippen LogP contribution in [0.25, 0.3) is 0 Å². The Hall–Kier alpha value is -2.18. The number of aromatic nitrogens is 5. The van der Waals surface area contributed by atoms with Crippen LogP contribution in [0.5, 0.6) is 0 Å². The lowest BCUT2D eigenvalue weighted by molar-refractivity contribution is 0.0941. The summed E-state index contributed by atoms with van der Waals surface area (Å²) in [6, 6.07) is 0.303. The fourth-order valence-corrected chi connectivity index (χ4v) is 2.02. The van der Waals surface area contributed by atoms with E-state index in [0.717, 1.165) is 17.0 Å². The molecule has 102 valence electrons. The number of hydrogen-bond acceptors (Lipinski definition) is 4. The molecule has 0 aliphatic carbocycles. The fraction of sp³-hybridized carbons (Fsp3) is 0.500. The Morgan fingerprint density at radius 3 is 2.74 bits per heavy atom. The third kappa shape index (κ3) is 2.64. The van der Waals surface area contributed by atoms with Gasteiger partial charge in [-0.2, -0.15) is 10.2 Å². The van der Waals surface area contributed by atoms with Gasteiger partial charge in [-0.1, -0.05) is 0 Å². The van der Waals surface area contributed by atoms with Crippen molar-refractivity contribution >= 4 is 5.91 Å². The second-order valence-electron chi connectivity index (χ2n) is 4.70. The Kier molecular flexibility index (Phi) is 3.64. The molecule has 0 aliphatic heterocycles. The van der Waals surface area contributed by atoms with Gasteiger partial charge in [-0.05, 0) is 27.7 Å². The molecule has 0 bridgehead atoms. The number of carbonyl (C=O) groups excluding carboxylic acids is 1. The molecule has 0 aromatic carbocycles. The zero-order chi connectivity index (χ0) is 14.0. The number of carbonyl (C=O) groups is 1. The van der Waals surface area contributed by atoms with E-state index in [9.17, 15) is 4.79 Å². The Balaban J connectivity index is 2.10. The molecule has 2 rings (SSSR count). The van der Waals surface area contributed by atoms with Crippen molar-refractivity contribution in [3.8, 4) is 0 Å². The van der Waals surface area contributed by atoms with Gasteiger partial charge in [0.2, 0.25) is 5.82 Å². The van der Waals surface area contributed by atoms with Gasteiger partial charge in [0.1, 0.15) is 6.33 Å². The number of nitrogens with one attached hydrogen (secondary N) is 2. The first-order valence-electron chi connectivity index (χ1n) is 6.18. The first-order valence-corrected chi connectivity index (χ1v) is 6.18. The molecule has 7 heteroatoms. The number of nitrogens with zero attached hydrogens (tertiary/aromatic N) is 4. The Morgan fingerprint density at radius 1 is 1.47 bits per heavy atom. The first-order chi connectivity index (χ1) is 9.00. The van der Waals surface area contributed by atoms with Gasteiger partial charge in [-0.25, -0.2) is 4.98 Å². The molecule has 7 nitrogen and oxygen atoms in total. The molecule has 0 saturated carbocycles. The molecule has 0 unspecified atom stereocenters. The van der Waals surface area contributed by atoms with Gasteiger partial charge in [0.15, 0.2) is 0 Å². The predicted octanol–water partition coefficient (Wildman–Crippen LogP) is 1.13. The molecule has 2 heterocycles. The fourth-order valence-electron chi connectivity index (χ4n) is 2.02. The second kappa shape index (κ2) is 5.21. The third-order valence-electron chi connectivity index (χ3n) is 3.02. The SMILES string of the molecule is Cc1nn(C(C)C)c(C)c1CNC(=O)c1ncn[nH]1. The van der Waals surface area contributed by atoms with Crippen LogP contribution in [0.3, 0.4) is 0 Å². The van der Waals surface area contributed by atoms with Crippen LogP contribution in [0.2, 0.25) is 0 Å². The molecule has 0 aliphatic rings. The molecule has 0 fully saturated rings. The highest BCUT2D eigenvalue weighted by atomic mass is 16.2. The monoisotopic (exact) mass is 262 g/mol. The molecular formula is C12H18N6O. The van der Waals surface area contributed by atoms with Crippen LogP contribution in [0.15, 0.2) is 6.33 Å². The van der Waals surface area contributed by atoms with Gasteiger partial charge in [0.25, 0.3) is 5.91 Å². The summed E-state index contributed by atoms with van der Waals surface area (Å²) >= 11 is 0. The maximum atomic E-state index is 11.8. The minimum absolute atomic E-state index is 0.214. The van der Waals surface area contributed by atoms with E-state index in [-0.39, 0.29) is 11.7 Å². The molecule has 2 N–H and O–H groups in total. The third-order valence-corrected chi connectivity index (χ3v) is 3.02. The summed E-state index contributed by atoms with van der Waals surface area (Å²) in [5.74, 6) is -0.0554. The van der Waals surface area contributed by atoms with E-state index < -0.39 is 0 Å².